The van der Waals surface area contributed by atoms with E-state index in [1.165, 1.54) is 0 Å². The Morgan fingerprint density at radius 1 is 1.19 bits per heavy atom. The van der Waals surface area contributed by atoms with Crippen LogP contribution in [0.15, 0.2) is 30.3 Å². The van der Waals surface area contributed by atoms with E-state index in [1.54, 1.807) is 0 Å². The van der Waals surface area contributed by atoms with Crippen LogP contribution >= 0.6 is 0 Å². The summed E-state index contributed by atoms with van der Waals surface area (Å²) in [6.45, 7) is 1.92. The van der Waals surface area contributed by atoms with Crippen LogP contribution in [0.3, 0.4) is 0 Å². The molecule has 2 heterocycles. The average molecular weight is 218 g/mol. The standard InChI is InChI=1S/C13H14O3/c1-8-10(14)7-11-15-12(8)13(16-11)9-5-3-2-4-6-9/h2-6,8,11-13H,7H2,1H3/t8?,11-,12?,13+/m0/s1. The van der Waals surface area contributed by atoms with E-state index in [-0.39, 0.29) is 30.2 Å². The van der Waals surface area contributed by atoms with Gasteiger partial charge in [-0.3, -0.25) is 4.79 Å². The zero-order valence-electron chi connectivity index (χ0n) is 9.13. The van der Waals surface area contributed by atoms with Crippen LogP contribution in [-0.4, -0.2) is 18.2 Å². The molecule has 0 amide bonds. The van der Waals surface area contributed by atoms with Gasteiger partial charge < -0.3 is 9.47 Å². The quantitative estimate of drug-likeness (QED) is 0.724. The van der Waals surface area contributed by atoms with Crippen molar-refractivity contribution in [2.45, 2.75) is 31.8 Å². The smallest absolute Gasteiger partial charge is 0.165 e. The predicted octanol–water partition coefficient (Wildman–Crippen LogP) is 2.08. The van der Waals surface area contributed by atoms with Crippen LogP contribution in [0.5, 0.6) is 0 Å². The monoisotopic (exact) mass is 218 g/mol. The first kappa shape index (κ1) is 10.00. The van der Waals surface area contributed by atoms with Crippen molar-refractivity contribution >= 4 is 5.78 Å². The number of Topliss-reactive ketones (excluding diaryl/α,β-unsaturated/α-hetero) is 1. The molecule has 3 nitrogen and oxygen atoms in total. The lowest BCUT2D eigenvalue weighted by molar-refractivity contribution is -0.146. The molecular weight excluding hydrogens is 204 g/mol. The summed E-state index contributed by atoms with van der Waals surface area (Å²) in [7, 11) is 0. The van der Waals surface area contributed by atoms with Crippen LogP contribution in [0.25, 0.3) is 0 Å². The maximum Gasteiger partial charge on any atom is 0.165 e. The van der Waals surface area contributed by atoms with Crippen LogP contribution in [0.1, 0.15) is 25.0 Å². The Hall–Kier alpha value is -1.19. The number of hydrogen-bond donors (Lipinski definition) is 0. The second kappa shape index (κ2) is 3.68. The van der Waals surface area contributed by atoms with E-state index >= 15 is 0 Å². The molecule has 1 aromatic carbocycles. The zero-order valence-corrected chi connectivity index (χ0v) is 9.13. The summed E-state index contributed by atoms with van der Waals surface area (Å²) in [5.74, 6) is 0.184. The van der Waals surface area contributed by atoms with Gasteiger partial charge in [0.25, 0.3) is 0 Å². The normalized spacial score (nSPS) is 37.7. The van der Waals surface area contributed by atoms with Crippen LogP contribution in [-0.2, 0) is 14.3 Å². The van der Waals surface area contributed by atoms with Gasteiger partial charge in [0.15, 0.2) is 6.29 Å². The highest BCUT2D eigenvalue weighted by Gasteiger charge is 2.47. The summed E-state index contributed by atoms with van der Waals surface area (Å²) in [6.07, 6.45) is -0.152. The van der Waals surface area contributed by atoms with Crippen molar-refractivity contribution in [2.75, 3.05) is 0 Å². The van der Waals surface area contributed by atoms with Gasteiger partial charge in [-0.25, -0.2) is 0 Å². The first-order chi connectivity index (χ1) is 7.75. The molecule has 3 heteroatoms. The predicted molar refractivity (Wildman–Crippen MR) is 57.7 cm³/mol. The van der Waals surface area contributed by atoms with Gasteiger partial charge in [-0.05, 0) is 5.56 Å². The second-order valence-corrected chi connectivity index (χ2v) is 4.46. The van der Waals surface area contributed by atoms with Gasteiger partial charge in [-0.2, -0.15) is 0 Å². The van der Waals surface area contributed by atoms with Gasteiger partial charge in [-0.1, -0.05) is 37.3 Å². The van der Waals surface area contributed by atoms with Crippen LogP contribution < -0.4 is 0 Å². The SMILES string of the molecule is CC1C(=O)C[C@H]2OC1[C@@H](c1ccccc1)O2. The van der Waals surface area contributed by atoms with Crippen molar-refractivity contribution in [1.82, 2.24) is 0 Å². The number of carbonyl (C=O) groups is 1. The van der Waals surface area contributed by atoms with Crippen molar-refractivity contribution in [3.05, 3.63) is 35.9 Å². The molecule has 2 unspecified atom stereocenters. The highest BCUT2D eigenvalue weighted by atomic mass is 16.7. The Kier molecular flexibility index (Phi) is 2.30. The molecule has 2 aliphatic heterocycles. The number of carbonyl (C=O) groups excluding carboxylic acids is 1. The van der Waals surface area contributed by atoms with E-state index in [9.17, 15) is 4.79 Å². The number of benzene rings is 1. The van der Waals surface area contributed by atoms with Crippen molar-refractivity contribution < 1.29 is 14.3 Å². The molecule has 2 bridgehead atoms. The second-order valence-electron chi connectivity index (χ2n) is 4.46. The molecule has 0 radical (unpaired) electrons. The molecule has 3 rings (SSSR count). The van der Waals surface area contributed by atoms with Crippen molar-refractivity contribution in [3.63, 3.8) is 0 Å². The van der Waals surface area contributed by atoms with Gasteiger partial charge in [0, 0.05) is 5.92 Å². The fourth-order valence-corrected chi connectivity index (χ4v) is 2.44. The Labute approximate surface area is 94.4 Å². The first-order valence-electron chi connectivity index (χ1n) is 5.64. The number of ketones is 1. The van der Waals surface area contributed by atoms with E-state index in [4.69, 9.17) is 9.47 Å². The third-order valence-electron chi connectivity index (χ3n) is 3.40. The van der Waals surface area contributed by atoms with Crippen molar-refractivity contribution in [2.24, 2.45) is 5.92 Å². The van der Waals surface area contributed by atoms with Crippen molar-refractivity contribution in [1.29, 1.82) is 0 Å². The molecule has 2 saturated heterocycles. The number of fused-ring (bicyclic) bond motifs is 2. The summed E-state index contributed by atoms with van der Waals surface area (Å²) >= 11 is 0. The molecule has 0 N–H and O–H groups in total. The molecule has 0 spiro atoms. The average Bonchev–Trinajstić information content (AvgIpc) is 2.67. The van der Waals surface area contributed by atoms with Gasteiger partial charge >= 0.3 is 0 Å². The zero-order chi connectivity index (χ0) is 11.1. The summed E-state index contributed by atoms with van der Waals surface area (Å²) in [5, 5.41) is 0. The fourth-order valence-electron chi connectivity index (χ4n) is 2.44. The number of ether oxygens (including phenoxy) is 2. The van der Waals surface area contributed by atoms with Crippen molar-refractivity contribution in [3.8, 4) is 0 Å². The molecule has 0 aromatic heterocycles. The first-order valence-corrected chi connectivity index (χ1v) is 5.64. The lowest BCUT2D eigenvalue weighted by atomic mass is 9.90. The number of hydrogen-bond acceptors (Lipinski definition) is 3. The van der Waals surface area contributed by atoms with E-state index in [0.29, 0.717) is 6.42 Å². The maximum absolute atomic E-state index is 11.7. The molecule has 4 atom stereocenters. The van der Waals surface area contributed by atoms with Gasteiger partial charge in [0.1, 0.15) is 18.0 Å². The minimum atomic E-state index is -0.334. The van der Waals surface area contributed by atoms with Gasteiger partial charge in [0.2, 0.25) is 0 Å². The number of rotatable bonds is 1. The summed E-state index contributed by atoms with van der Waals surface area (Å²) in [5.41, 5.74) is 1.09. The molecule has 0 aliphatic carbocycles. The third-order valence-corrected chi connectivity index (χ3v) is 3.40. The van der Waals surface area contributed by atoms with Gasteiger partial charge in [0.05, 0.1) is 6.42 Å². The van der Waals surface area contributed by atoms with E-state index in [2.05, 4.69) is 0 Å². The highest BCUT2D eigenvalue weighted by Crippen LogP contribution is 2.41. The van der Waals surface area contributed by atoms with Crippen LogP contribution in [0, 0.1) is 5.92 Å². The Morgan fingerprint density at radius 2 is 1.94 bits per heavy atom. The molecule has 84 valence electrons. The maximum atomic E-state index is 11.7. The molecule has 2 fully saturated rings. The highest BCUT2D eigenvalue weighted by molar-refractivity contribution is 5.82. The Morgan fingerprint density at radius 3 is 2.69 bits per heavy atom. The summed E-state index contributed by atoms with van der Waals surface area (Å²) < 4.78 is 11.5. The van der Waals surface area contributed by atoms with Crippen LogP contribution in [0.4, 0.5) is 0 Å². The summed E-state index contributed by atoms with van der Waals surface area (Å²) in [6, 6.07) is 9.97. The molecular formula is C13H14O3. The molecule has 16 heavy (non-hydrogen) atoms. The van der Waals surface area contributed by atoms with E-state index < -0.39 is 0 Å². The molecule has 2 aliphatic rings. The minimum absolute atomic E-state index is 0.0658. The van der Waals surface area contributed by atoms with Crippen LogP contribution in [0.2, 0.25) is 0 Å². The van der Waals surface area contributed by atoms with Gasteiger partial charge in [-0.15, -0.1) is 0 Å². The third kappa shape index (κ3) is 1.47. The van der Waals surface area contributed by atoms with E-state index in [0.717, 1.165) is 5.56 Å². The Bertz CT molecular complexity index is 401. The van der Waals surface area contributed by atoms with E-state index in [1.807, 2.05) is 37.3 Å². The summed E-state index contributed by atoms with van der Waals surface area (Å²) in [4.78, 5) is 11.7. The molecule has 0 saturated carbocycles. The molecule has 1 aromatic rings. The largest absolute Gasteiger partial charge is 0.345 e. The topological polar surface area (TPSA) is 35.5 Å². The lowest BCUT2D eigenvalue weighted by Crippen LogP contribution is -2.35. The lowest BCUT2D eigenvalue weighted by Gasteiger charge is -2.24. The minimum Gasteiger partial charge on any atom is -0.345 e. The Balaban J connectivity index is 1.91. The fraction of sp³-hybridized carbons (Fsp3) is 0.462.